The number of pyridine rings is 1. The average Bonchev–Trinajstić information content (AvgIpc) is 2.89. The van der Waals surface area contributed by atoms with Crippen LogP contribution in [0.25, 0.3) is 0 Å². The van der Waals surface area contributed by atoms with Gasteiger partial charge in [-0.3, -0.25) is 5.32 Å². The van der Waals surface area contributed by atoms with Crippen molar-refractivity contribution < 1.29 is 9.47 Å². The number of aliphatic imine (C=N–C) groups is 1. The number of methoxy groups -OCH3 is 2. The van der Waals surface area contributed by atoms with Crippen LogP contribution in [0.4, 0.5) is 17.5 Å². The lowest BCUT2D eigenvalue weighted by atomic mass is 10.2. The fourth-order valence-electron chi connectivity index (χ4n) is 3.95. The molecule has 0 saturated carbocycles. The van der Waals surface area contributed by atoms with E-state index >= 15 is 0 Å². The zero-order chi connectivity index (χ0) is 26.4. The number of aromatic nitrogens is 3. The predicted molar refractivity (Wildman–Crippen MR) is 151 cm³/mol. The Balaban J connectivity index is 1.58. The van der Waals surface area contributed by atoms with E-state index in [4.69, 9.17) is 38.3 Å². The summed E-state index contributed by atoms with van der Waals surface area (Å²) >= 11 is 11.9. The number of guanidine groups is 1. The van der Waals surface area contributed by atoms with Gasteiger partial charge in [0.25, 0.3) is 0 Å². The van der Waals surface area contributed by atoms with Crippen molar-refractivity contribution in [2.75, 3.05) is 55.9 Å². The van der Waals surface area contributed by atoms with E-state index in [0.29, 0.717) is 47.2 Å². The van der Waals surface area contributed by atoms with E-state index in [1.54, 1.807) is 32.5 Å². The molecule has 0 unspecified atom stereocenters. The number of thiocarbonyl (C=S) groups is 1. The van der Waals surface area contributed by atoms with E-state index in [2.05, 4.69) is 35.4 Å². The predicted octanol–water partition coefficient (Wildman–Crippen LogP) is 4.15. The average molecular weight is 541 g/mol. The molecule has 2 N–H and O–H groups in total. The van der Waals surface area contributed by atoms with Crippen molar-refractivity contribution in [2.45, 2.75) is 13.8 Å². The van der Waals surface area contributed by atoms with Crippen molar-refractivity contribution in [1.29, 1.82) is 0 Å². The number of benzene rings is 1. The summed E-state index contributed by atoms with van der Waals surface area (Å²) in [4.78, 5) is 22.6. The third kappa shape index (κ3) is 6.75. The van der Waals surface area contributed by atoms with Crippen LogP contribution in [0.3, 0.4) is 0 Å². The van der Waals surface area contributed by atoms with Crippen LogP contribution in [0.5, 0.6) is 11.5 Å². The number of hydrogen-bond donors (Lipinski definition) is 2. The minimum atomic E-state index is 0.224. The molecule has 194 valence electrons. The molecule has 37 heavy (non-hydrogen) atoms. The molecular formula is C25H29ClN8O2S. The fraction of sp³-hybridized carbons (Fsp3) is 0.320. The summed E-state index contributed by atoms with van der Waals surface area (Å²) in [5, 5.41) is 7.06. The van der Waals surface area contributed by atoms with Crippen LogP contribution in [0.1, 0.15) is 11.4 Å². The highest BCUT2D eigenvalue weighted by molar-refractivity contribution is 7.80. The molecule has 1 fully saturated rings. The van der Waals surface area contributed by atoms with Gasteiger partial charge in [-0.2, -0.15) is 4.99 Å². The summed E-state index contributed by atoms with van der Waals surface area (Å²) in [6.07, 6.45) is 1.80. The number of aryl methyl sites for hydroxylation is 2. The van der Waals surface area contributed by atoms with Gasteiger partial charge in [-0.05, 0) is 44.3 Å². The largest absolute Gasteiger partial charge is 0.495 e. The van der Waals surface area contributed by atoms with Gasteiger partial charge in [0, 0.05) is 55.9 Å². The summed E-state index contributed by atoms with van der Waals surface area (Å²) in [5.74, 6) is 2.95. The van der Waals surface area contributed by atoms with E-state index in [1.807, 2.05) is 38.1 Å². The Kier molecular flexibility index (Phi) is 8.57. The summed E-state index contributed by atoms with van der Waals surface area (Å²) in [7, 11) is 3.10. The second-order valence-corrected chi connectivity index (χ2v) is 9.11. The fourth-order valence-corrected chi connectivity index (χ4v) is 4.37. The van der Waals surface area contributed by atoms with Crippen molar-refractivity contribution in [2.24, 2.45) is 4.99 Å². The van der Waals surface area contributed by atoms with Crippen LogP contribution in [-0.2, 0) is 0 Å². The Morgan fingerprint density at radius 2 is 1.68 bits per heavy atom. The first-order valence-corrected chi connectivity index (χ1v) is 12.5. The Bertz CT molecular complexity index is 1260. The molecule has 0 aliphatic carbocycles. The van der Waals surface area contributed by atoms with Crippen LogP contribution >= 0.6 is 23.8 Å². The smallest absolute Gasteiger partial charge is 0.229 e. The van der Waals surface area contributed by atoms with Gasteiger partial charge < -0.3 is 24.6 Å². The summed E-state index contributed by atoms with van der Waals surface area (Å²) in [6.45, 7) is 6.80. The number of halogens is 1. The third-order valence-corrected chi connectivity index (χ3v) is 6.17. The molecule has 0 bridgehead atoms. The number of anilines is 3. The highest BCUT2D eigenvalue weighted by atomic mass is 35.5. The second kappa shape index (κ2) is 12.0. The van der Waals surface area contributed by atoms with Crippen LogP contribution in [0.15, 0.2) is 47.6 Å². The number of hydrogen-bond acceptors (Lipinski definition) is 7. The summed E-state index contributed by atoms with van der Waals surface area (Å²) < 4.78 is 10.8. The lowest BCUT2D eigenvalue weighted by Crippen LogP contribution is -2.51. The number of rotatable bonds is 5. The monoisotopic (exact) mass is 540 g/mol. The van der Waals surface area contributed by atoms with E-state index in [-0.39, 0.29) is 5.11 Å². The molecule has 1 saturated heterocycles. The Morgan fingerprint density at radius 1 is 0.973 bits per heavy atom. The minimum Gasteiger partial charge on any atom is -0.495 e. The summed E-state index contributed by atoms with van der Waals surface area (Å²) in [5.41, 5.74) is 2.29. The zero-order valence-corrected chi connectivity index (χ0v) is 22.7. The Hall–Kier alpha value is -3.70. The van der Waals surface area contributed by atoms with Gasteiger partial charge >= 0.3 is 0 Å². The Morgan fingerprint density at radius 3 is 2.30 bits per heavy atom. The third-order valence-electron chi connectivity index (χ3n) is 5.68. The van der Waals surface area contributed by atoms with E-state index in [1.165, 1.54) is 0 Å². The van der Waals surface area contributed by atoms with Crippen molar-refractivity contribution >= 4 is 52.3 Å². The van der Waals surface area contributed by atoms with Gasteiger partial charge in [0.05, 0.1) is 24.9 Å². The SMILES string of the molecule is COc1cc(NC(=S)/N=C(\Nc2nc(C)cc(C)n2)N2CCN(c3ccccn3)CC2)c(OC)cc1Cl. The molecule has 1 aliphatic rings. The first-order valence-electron chi connectivity index (χ1n) is 11.7. The topological polar surface area (TPSA) is 100 Å². The molecule has 1 aliphatic heterocycles. The van der Waals surface area contributed by atoms with Gasteiger partial charge in [0.1, 0.15) is 17.3 Å². The second-order valence-electron chi connectivity index (χ2n) is 8.31. The molecule has 12 heteroatoms. The Labute approximate surface area is 226 Å². The zero-order valence-electron chi connectivity index (χ0n) is 21.2. The molecule has 0 spiro atoms. The van der Waals surface area contributed by atoms with Crippen molar-refractivity contribution in [3.05, 3.63) is 59.0 Å². The molecule has 3 aromatic rings. The molecule has 3 heterocycles. The van der Waals surface area contributed by atoms with Crippen LogP contribution < -0.4 is 25.0 Å². The number of nitrogens with zero attached hydrogens (tertiary/aromatic N) is 6. The molecule has 1 aromatic carbocycles. The number of piperazine rings is 1. The van der Waals surface area contributed by atoms with Crippen LogP contribution in [0, 0.1) is 13.8 Å². The first-order chi connectivity index (χ1) is 17.9. The van der Waals surface area contributed by atoms with Crippen LogP contribution in [0.2, 0.25) is 5.02 Å². The van der Waals surface area contributed by atoms with Crippen LogP contribution in [-0.4, -0.2) is 71.3 Å². The quantitative estimate of drug-likeness (QED) is 0.279. The molecular weight excluding hydrogens is 512 g/mol. The summed E-state index contributed by atoms with van der Waals surface area (Å²) in [6, 6.07) is 11.2. The molecule has 0 radical (unpaired) electrons. The standard InChI is InChI=1S/C25H29ClN8O2S/c1-16-13-17(2)29-23(28-16)31-24(34-11-9-33(10-12-34)22-7-5-6-8-27-22)32-25(37)30-19-15-20(35-3)18(26)14-21(19)36-4/h5-8,13-15H,9-12H2,1-4H3,(H2,28,29,30,31,32,37). The van der Waals surface area contributed by atoms with E-state index in [9.17, 15) is 0 Å². The van der Waals surface area contributed by atoms with Gasteiger partial charge in [0.15, 0.2) is 0 Å². The lowest BCUT2D eigenvalue weighted by Gasteiger charge is -2.36. The van der Waals surface area contributed by atoms with Crippen molar-refractivity contribution in [3.63, 3.8) is 0 Å². The first kappa shape index (κ1) is 26.4. The molecule has 10 nitrogen and oxygen atoms in total. The normalized spacial score (nSPS) is 13.8. The molecule has 2 aromatic heterocycles. The molecule has 0 atom stereocenters. The maximum atomic E-state index is 6.24. The molecule has 0 amide bonds. The van der Waals surface area contributed by atoms with Crippen molar-refractivity contribution in [1.82, 2.24) is 19.9 Å². The van der Waals surface area contributed by atoms with Gasteiger partial charge in [-0.25, -0.2) is 15.0 Å². The lowest BCUT2D eigenvalue weighted by molar-refractivity contribution is 0.384. The van der Waals surface area contributed by atoms with E-state index in [0.717, 1.165) is 30.3 Å². The molecule has 4 rings (SSSR count). The van der Waals surface area contributed by atoms with Gasteiger partial charge in [-0.15, -0.1) is 0 Å². The maximum Gasteiger partial charge on any atom is 0.229 e. The van der Waals surface area contributed by atoms with Crippen molar-refractivity contribution in [3.8, 4) is 11.5 Å². The maximum absolute atomic E-state index is 6.24. The highest BCUT2D eigenvalue weighted by Crippen LogP contribution is 2.36. The van der Waals surface area contributed by atoms with E-state index < -0.39 is 0 Å². The van der Waals surface area contributed by atoms with Gasteiger partial charge in [-0.1, -0.05) is 17.7 Å². The van der Waals surface area contributed by atoms with Gasteiger partial charge in [0.2, 0.25) is 17.0 Å². The number of ether oxygens (including phenoxy) is 2. The minimum absolute atomic E-state index is 0.224. The highest BCUT2D eigenvalue weighted by Gasteiger charge is 2.22. The number of nitrogens with one attached hydrogen (secondary N) is 2.